The van der Waals surface area contributed by atoms with Crippen molar-refractivity contribution in [3.05, 3.63) is 0 Å². The lowest BCUT2D eigenvalue weighted by molar-refractivity contribution is 0.0127. The third-order valence-corrected chi connectivity index (χ3v) is 2.98. The van der Waals surface area contributed by atoms with Crippen LogP contribution in [0.25, 0.3) is 0 Å². The summed E-state index contributed by atoms with van der Waals surface area (Å²) in [5.74, 6) is 0.702. The normalized spacial score (nSPS) is 24.2. The monoisotopic (exact) mass is 187 g/mol. The molecule has 0 aliphatic carbocycles. The van der Waals surface area contributed by atoms with Crippen molar-refractivity contribution in [2.75, 3.05) is 27.4 Å². The van der Waals surface area contributed by atoms with E-state index in [9.17, 15) is 0 Å². The van der Waals surface area contributed by atoms with Crippen molar-refractivity contribution in [3.8, 4) is 0 Å². The summed E-state index contributed by atoms with van der Waals surface area (Å²) in [5.41, 5.74) is 0. The molecule has 3 heteroatoms. The molecule has 0 aromatic carbocycles. The number of hydrogen-bond donors (Lipinski definition) is 1. The lowest BCUT2D eigenvalue weighted by Crippen LogP contribution is -2.45. The van der Waals surface area contributed by atoms with E-state index in [0.29, 0.717) is 12.0 Å². The second-order valence-electron chi connectivity index (χ2n) is 3.71. The molecule has 1 heterocycles. The van der Waals surface area contributed by atoms with Crippen molar-refractivity contribution in [1.82, 2.24) is 5.32 Å². The lowest BCUT2D eigenvalue weighted by atomic mass is 9.89. The molecular weight excluding hydrogens is 166 g/mol. The predicted octanol–water partition coefficient (Wildman–Crippen LogP) is 1.04. The van der Waals surface area contributed by atoms with Crippen LogP contribution in [0.4, 0.5) is 0 Å². The molecule has 0 spiro atoms. The Labute approximate surface area is 80.8 Å². The third-order valence-electron chi connectivity index (χ3n) is 2.98. The van der Waals surface area contributed by atoms with Crippen LogP contribution in [0.1, 0.15) is 19.8 Å². The Kier molecular flexibility index (Phi) is 4.70. The van der Waals surface area contributed by atoms with Crippen molar-refractivity contribution in [2.24, 2.45) is 5.92 Å². The molecule has 0 saturated carbocycles. The maximum Gasteiger partial charge on any atom is 0.0698 e. The second-order valence-corrected chi connectivity index (χ2v) is 3.71. The van der Waals surface area contributed by atoms with Gasteiger partial charge in [-0.25, -0.2) is 0 Å². The summed E-state index contributed by atoms with van der Waals surface area (Å²) < 4.78 is 10.7. The Balaban J connectivity index is 2.43. The molecule has 3 nitrogen and oxygen atoms in total. The Morgan fingerprint density at radius 1 is 1.38 bits per heavy atom. The van der Waals surface area contributed by atoms with E-state index in [1.807, 2.05) is 7.05 Å². The molecule has 0 amide bonds. The maximum absolute atomic E-state index is 5.35. The van der Waals surface area contributed by atoms with Crippen LogP contribution < -0.4 is 5.32 Å². The number of ether oxygens (including phenoxy) is 2. The molecule has 1 saturated heterocycles. The van der Waals surface area contributed by atoms with Gasteiger partial charge in [-0.1, -0.05) is 0 Å². The molecule has 1 N–H and O–H groups in total. The Bertz CT molecular complexity index is 135. The minimum absolute atomic E-state index is 0.285. The van der Waals surface area contributed by atoms with Crippen molar-refractivity contribution >= 4 is 0 Å². The predicted molar refractivity (Wildman–Crippen MR) is 52.9 cm³/mol. The van der Waals surface area contributed by atoms with Crippen LogP contribution in [-0.2, 0) is 9.47 Å². The Morgan fingerprint density at radius 3 is 2.46 bits per heavy atom. The van der Waals surface area contributed by atoms with E-state index >= 15 is 0 Å². The summed E-state index contributed by atoms with van der Waals surface area (Å²) >= 11 is 0. The van der Waals surface area contributed by atoms with Gasteiger partial charge in [-0.15, -0.1) is 0 Å². The fraction of sp³-hybridized carbons (Fsp3) is 1.00. The highest BCUT2D eigenvalue weighted by atomic mass is 16.5. The van der Waals surface area contributed by atoms with Crippen molar-refractivity contribution < 1.29 is 9.47 Å². The average Bonchev–Trinajstić information content (AvgIpc) is 2.20. The molecule has 0 aromatic rings. The fourth-order valence-corrected chi connectivity index (χ4v) is 2.08. The summed E-state index contributed by atoms with van der Waals surface area (Å²) in [6, 6.07) is 0.467. The summed E-state index contributed by atoms with van der Waals surface area (Å²) in [7, 11) is 3.78. The molecule has 1 fully saturated rings. The topological polar surface area (TPSA) is 30.5 Å². The number of rotatable bonds is 4. The molecule has 1 rings (SSSR count). The van der Waals surface area contributed by atoms with E-state index in [0.717, 1.165) is 26.1 Å². The molecule has 0 radical (unpaired) electrons. The van der Waals surface area contributed by atoms with Gasteiger partial charge >= 0.3 is 0 Å². The van der Waals surface area contributed by atoms with Gasteiger partial charge in [0.15, 0.2) is 0 Å². The molecule has 2 unspecified atom stereocenters. The van der Waals surface area contributed by atoms with E-state index in [2.05, 4.69) is 12.2 Å². The molecular formula is C10H21NO2. The van der Waals surface area contributed by atoms with E-state index < -0.39 is 0 Å². The zero-order chi connectivity index (χ0) is 9.68. The molecule has 0 bridgehead atoms. The van der Waals surface area contributed by atoms with Crippen molar-refractivity contribution in [2.45, 2.75) is 31.9 Å². The fourth-order valence-electron chi connectivity index (χ4n) is 2.08. The van der Waals surface area contributed by atoms with Crippen LogP contribution in [0.15, 0.2) is 0 Å². The van der Waals surface area contributed by atoms with Crippen molar-refractivity contribution in [3.63, 3.8) is 0 Å². The highest BCUT2D eigenvalue weighted by Gasteiger charge is 2.26. The quantitative estimate of drug-likeness (QED) is 0.713. The van der Waals surface area contributed by atoms with Crippen LogP contribution in [0.3, 0.4) is 0 Å². The van der Waals surface area contributed by atoms with Gasteiger partial charge in [0, 0.05) is 26.4 Å². The van der Waals surface area contributed by atoms with E-state index in [1.54, 1.807) is 7.11 Å². The number of hydrogen-bond acceptors (Lipinski definition) is 3. The highest BCUT2D eigenvalue weighted by molar-refractivity contribution is 4.81. The standard InChI is InChI=1S/C10H21NO2/c1-8(12-3)10(11-2)9-4-6-13-7-5-9/h8-11H,4-7H2,1-3H3. The zero-order valence-corrected chi connectivity index (χ0v) is 8.88. The SMILES string of the molecule is CNC(C1CCOCC1)C(C)OC. The van der Waals surface area contributed by atoms with Crippen LogP contribution >= 0.6 is 0 Å². The highest BCUT2D eigenvalue weighted by Crippen LogP contribution is 2.21. The smallest absolute Gasteiger partial charge is 0.0698 e. The van der Waals surface area contributed by atoms with E-state index in [-0.39, 0.29) is 6.10 Å². The number of methoxy groups -OCH3 is 1. The maximum atomic E-state index is 5.35. The average molecular weight is 187 g/mol. The van der Waals surface area contributed by atoms with Gasteiger partial charge in [0.1, 0.15) is 0 Å². The van der Waals surface area contributed by atoms with E-state index in [4.69, 9.17) is 9.47 Å². The number of nitrogens with one attached hydrogen (secondary N) is 1. The second kappa shape index (κ2) is 5.58. The van der Waals surface area contributed by atoms with Gasteiger partial charge < -0.3 is 14.8 Å². The van der Waals surface area contributed by atoms with Gasteiger partial charge in [-0.05, 0) is 32.7 Å². The molecule has 1 aliphatic rings. The molecule has 13 heavy (non-hydrogen) atoms. The van der Waals surface area contributed by atoms with Gasteiger partial charge in [-0.2, -0.15) is 0 Å². The molecule has 0 aromatic heterocycles. The Morgan fingerprint density at radius 2 is 2.00 bits per heavy atom. The minimum atomic E-state index is 0.285. The summed E-state index contributed by atoms with van der Waals surface area (Å²) in [6.45, 7) is 3.93. The van der Waals surface area contributed by atoms with Crippen LogP contribution in [0, 0.1) is 5.92 Å². The first kappa shape index (κ1) is 11.0. The molecule has 2 atom stereocenters. The summed E-state index contributed by atoms with van der Waals surface area (Å²) in [4.78, 5) is 0. The lowest BCUT2D eigenvalue weighted by Gasteiger charge is -2.33. The first-order valence-electron chi connectivity index (χ1n) is 5.07. The third kappa shape index (κ3) is 2.93. The zero-order valence-electron chi connectivity index (χ0n) is 8.88. The van der Waals surface area contributed by atoms with E-state index in [1.165, 1.54) is 0 Å². The largest absolute Gasteiger partial charge is 0.381 e. The molecule has 78 valence electrons. The van der Waals surface area contributed by atoms with Crippen LogP contribution in [0.2, 0.25) is 0 Å². The van der Waals surface area contributed by atoms with Crippen LogP contribution in [0.5, 0.6) is 0 Å². The van der Waals surface area contributed by atoms with Crippen LogP contribution in [-0.4, -0.2) is 39.5 Å². The van der Waals surface area contributed by atoms with Crippen molar-refractivity contribution in [1.29, 1.82) is 0 Å². The Hall–Kier alpha value is -0.120. The van der Waals surface area contributed by atoms with Gasteiger partial charge in [0.05, 0.1) is 6.10 Å². The number of likely N-dealkylation sites (N-methyl/N-ethyl adjacent to an activating group) is 1. The summed E-state index contributed by atoms with van der Waals surface area (Å²) in [6.07, 6.45) is 2.59. The molecule has 1 aliphatic heterocycles. The first-order chi connectivity index (χ1) is 6.29. The summed E-state index contributed by atoms with van der Waals surface area (Å²) in [5, 5.41) is 3.34. The first-order valence-corrected chi connectivity index (χ1v) is 5.07. The van der Waals surface area contributed by atoms with Gasteiger partial charge in [-0.3, -0.25) is 0 Å². The van der Waals surface area contributed by atoms with Gasteiger partial charge in [0.25, 0.3) is 0 Å². The minimum Gasteiger partial charge on any atom is -0.381 e. The van der Waals surface area contributed by atoms with Gasteiger partial charge in [0.2, 0.25) is 0 Å².